The molecule has 2 rings (SSSR count). The highest BCUT2D eigenvalue weighted by Crippen LogP contribution is 2.36. The van der Waals surface area contributed by atoms with E-state index in [2.05, 4.69) is 56.1 Å². The van der Waals surface area contributed by atoms with Gasteiger partial charge < -0.3 is 20.3 Å². The van der Waals surface area contributed by atoms with E-state index in [1.54, 1.807) is 12.3 Å². The Morgan fingerprint density at radius 2 is 1.81 bits per heavy atom. The second-order valence-electron chi connectivity index (χ2n) is 7.04. The van der Waals surface area contributed by atoms with E-state index >= 15 is 0 Å². The Kier molecular flexibility index (Phi) is 8.77. The molecule has 0 saturated carbocycles. The van der Waals surface area contributed by atoms with E-state index in [4.69, 9.17) is 9.84 Å². The van der Waals surface area contributed by atoms with Crippen molar-refractivity contribution in [1.29, 1.82) is 0 Å². The molecule has 0 spiro atoms. The minimum Gasteiger partial charge on any atom is -0.505 e. The first-order chi connectivity index (χ1) is 14.9. The van der Waals surface area contributed by atoms with Gasteiger partial charge in [-0.25, -0.2) is 0 Å². The molecule has 31 heavy (non-hydrogen) atoms. The number of aliphatic hydroxyl groups excluding tert-OH is 2. The van der Waals surface area contributed by atoms with Gasteiger partial charge in [0.05, 0.1) is 5.70 Å². The summed E-state index contributed by atoms with van der Waals surface area (Å²) in [6.45, 7) is 11.3. The highest BCUT2D eigenvalue weighted by Gasteiger charge is 2.14. The molecule has 0 aromatic heterocycles. The molecule has 0 unspecified atom stereocenters. The van der Waals surface area contributed by atoms with E-state index in [1.807, 2.05) is 38.1 Å². The average molecular weight is 418 g/mol. The van der Waals surface area contributed by atoms with Crippen LogP contribution in [0.2, 0.25) is 0 Å². The van der Waals surface area contributed by atoms with Crippen molar-refractivity contribution < 1.29 is 14.9 Å². The van der Waals surface area contributed by atoms with Gasteiger partial charge in [-0.1, -0.05) is 62.0 Å². The van der Waals surface area contributed by atoms with E-state index in [9.17, 15) is 5.11 Å². The summed E-state index contributed by atoms with van der Waals surface area (Å²) in [6, 6.07) is 14.5. The van der Waals surface area contributed by atoms with Crippen molar-refractivity contribution >= 4 is 0 Å². The maximum atomic E-state index is 9.50. The van der Waals surface area contributed by atoms with Crippen LogP contribution in [0, 0.1) is 6.92 Å². The number of hydrogen-bond acceptors (Lipinski definition) is 4. The van der Waals surface area contributed by atoms with E-state index < -0.39 is 0 Å². The summed E-state index contributed by atoms with van der Waals surface area (Å²) in [5, 5.41) is 21.8. The second kappa shape index (κ2) is 11.5. The van der Waals surface area contributed by atoms with Gasteiger partial charge in [-0.05, 0) is 62.1 Å². The normalized spacial score (nSPS) is 12.8. The summed E-state index contributed by atoms with van der Waals surface area (Å²) >= 11 is 0. The SMILES string of the molecule is C=C(O)/C(O)=C\C=C\NC(/C=C\C)=C(/C)Oc1c(CC)cccc1-c1ccccc1C. The fraction of sp³-hybridized carbons (Fsp3) is 0.185. The molecule has 3 N–H and O–H groups in total. The third-order valence-electron chi connectivity index (χ3n) is 4.77. The molecular formula is C27H31NO3. The summed E-state index contributed by atoms with van der Waals surface area (Å²) in [4.78, 5) is 0. The minimum atomic E-state index is -0.381. The summed E-state index contributed by atoms with van der Waals surface area (Å²) in [5.41, 5.74) is 5.29. The molecule has 0 aliphatic carbocycles. The summed E-state index contributed by atoms with van der Waals surface area (Å²) in [6.07, 6.45) is 9.25. The topological polar surface area (TPSA) is 61.7 Å². The highest BCUT2D eigenvalue weighted by molar-refractivity contribution is 5.75. The zero-order chi connectivity index (χ0) is 22.8. The van der Waals surface area contributed by atoms with E-state index in [0.29, 0.717) is 5.76 Å². The van der Waals surface area contributed by atoms with Gasteiger partial charge >= 0.3 is 0 Å². The van der Waals surface area contributed by atoms with Crippen molar-refractivity contribution in [1.82, 2.24) is 5.32 Å². The zero-order valence-corrected chi connectivity index (χ0v) is 18.6. The molecule has 0 atom stereocenters. The van der Waals surface area contributed by atoms with E-state index in [0.717, 1.165) is 34.6 Å². The Bertz CT molecular complexity index is 1040. The van der Waals surface area contributed by atoms with Gasteiger partial charge in [0.15, 0.2) is 5.76 Å². The molecule has 0 fully saturated rings. The summed E-state index contributed by atoms with van der Waals surface area (Å²) in [5.74, 6) is 0.882. The lowest BCUT2D eigenvalue weighted by atomic mass is 9.97. The second-order valence-corrected chi connectivity index (χ2v) is 7.04. The van der Waals surface area contributed by atoms with Crippen LogP contribution in [0.3, 0.4) is 0 Å². The van der Waals surface area contributed by atoms with Crippen molar-refractivity contribution in [2.45, 2.75) is 34.1 Å². The predicted molar refractivity (Wildman–Crippen MR) is 129 cm³/mol. The molecule has 4 heteroatoms. The van der Waals surface area contributed by atoms with Crippen molar-refractivity contribution in [3.05, 3.63) is 114 Å². The van der Waals surface area contributed by atoms with Crippen molar-refractivity contribution in [2.24, 2.45) is 0 Å². The fourth-order valence-corrected chi connectivity index (χ4v) is 3.09. The predicted octanol–water partition coefficient (Wildman–Crippen LogP) is 7.03. The third kappa shape index (κ3) is 6.41. The van der Waals surface area contributed by atoms with Crippen LogP contribution in [0.15, 0.2) is 103 Å². The van der Waals surface area contributed by atoms with Crippen LogP contribution in [0.25, 0.3) is 11.1 Å². The van der Waals surface area contributed by atoms with Crippen molar-refractivity contribution in [3.63, 3.8) is 0 Å². The van der Waals surface area contributed by atoms with Gasteiger partial charge in [0.1, 0.15) is 17.3 Å². The smallest absolute Gasteiger partial charge is 0.156 e. The summed E-state index contributed by atoms with van der Waals surface area (Å²) in [7, 11) is 0. The summed E-state index contributed by atoms with van der Waals surface area (Å²) < 4.78 is 6.42. The van der Waals surface area contributed by atoms with Crippen LogP contribution in [0.4, 0.5) is 0 Å². The van der Waals surface area contributed by atoms with Gasteiger partial charge in [-0.3, -0.25) is 0 Å². The highest BCUT2D eigenvalue weighted by atomic mass is 16.5. The lowest BCUT2D eigenvalue weighted by molar-refractivity contribution is 0.328. The zero-order valence-electron chi connectivity index (χ0n) is 18.6. The van der Waals surface area contributed by atoms with Crippen LogP contribution in [0.5, 0.6) is 5.75 Å². The molecule has 0 heterocycles. The average Bonchev–Trinajstić information content (AvgIpc) is 2.76. The molecule has 0 aliphatic rings. The number of aliphatic hydroxyl groups is 2. The number of rotatable bonds is 9. The first-order valence-electron chi connectivity index (χ1n) is 10.3. The van der Waals surface area contributed by atoms with Crippen LogP contribution in [-0.2, 0) is 6.42 Å². The molecule has 0 amide bonds. The monoisotopic (exact) mass is 417 g/mol. The lowest BCUT2D eigenvalue weighted by Crippen LogP contribution is -2.09. The Morgan fingerprint density at radius 3 is 2.45 bits per heavy atom. The van der Waals surface area contributed by atoms with Crippen LogP contribution in [0.1, 0.15) is 31.9 Å². The number of allylic oxidation sites excluding steroid dienone is 5. The molecule has 0 bridgehead atoms. The van der Waals surface area contributed by atoms with Gasteiger partial charge in [0, 0.05) is 11.8 Å². The van der Waals surface area contributed by atoms with Crippen molar-refractivity contribution in [3.8, 4) is 16.9 Å². The maximum Gasteiger partial charge on any atom is 0.156 e. The van der Waals surface area contributed by atoms with Crippen molar-refractivity contribution in [2.75, 3.05) is 0 Å². The Labute approximate surface area is 185 Å². The quantitative estimate of drug-likeness (QED) is 0.303. The fourth-order valence-electron chi connectivity index (χ4n) is 3.09. The Hall–Kier alpha value is -3.66. The van der Waals surface area contributed by atoms with Gasteiger partial charge in [0.2, 0.25) is 0 Å². The molecule has 0 aliphatic heterocycles. The molecular weight excluding hydrogens is 386 g/mol. The molecule has 162 valence electrons. The molecule has 2 aromatic carbocycles. The van der Waals surface area contributed by atoms with Gasteiger partial charge in [-0.2, -0.15) is 0 Å². The molecule has 4 nitrogen and oxygen atoms in total. The number of para-hydroxylation sites is 1. The lowest BCUT2D eigenvalue weighted by Gasteiger charge is -2.18. The number of nitrogens with one attached hydrogen (secondary N) is 1. The van der Waals surface area contributed by atoms with Gasteiger partial charge in [0.25, 0.3) is 0 Å². The third-order valence-corrected chi connectivity index (χ3v) is 4.77. The molecule has 2 aromatic rings. The number of aryl methyl sites for hydroxylation is 2. The molecule has 0 radical (unpaired) electrons. The van der Waals surface area contributed by atoms with E-state index in [1.165, 1.54) is 11.6 Å². The Morgan fingerprint density at radius 1 is 1.10 bits per heavy atom. The van der Waals surface area contributed by atoms with Crippen LogP contribution < -0.4 is 10.1 Å². The standard InChI is InChI=1S/C27H31NO3/c1-6-12-25(28-18-11-17-26(30)20(4)29)21(5)31-27-22(7-2)14-10-16-24(27)23-15-9-8-13-19(23)3/h6,8-18,28-30H,4,7H2,1-3,5H3/b12-6-,18-11+,25-21-,26-17+. The maximum absolute atomic E-state index is 9.50. The number of ether oxygens (including phenoxy) is 1. The minimum absolute atomic E-state index is 0.290. The number of benzene rings is 2. The Balaban J connectivity index is 2.43. The number of hydrogen-bond donors (Lipinski definition) is 3. The largest absolute Gasteiger partial charge is 0.505 e. The molecule has 0 saturated heterocycles. The van der Waals surface area contributed by atoms with Crippen LogP contribution in [-0.4, -0.2) is 10.2 Å². The van der Waals surface area contributed by atoms with Crippen LogP contribution >= 0.6 is 0 Å². The van der Waals surface area contributed by atoms with Gasteiger partial charge in [-0.15, -0.1) is 0 Å². The first kappa shape index (κ1) is 23.6. The first-order valence-corrected chi connectivity index (χ1v) is 10.3. The van der Waals surface area contributed by atoms with E-state index in [-0.39, 0.29) is 11.5 Å².